The number of likely N-dealkylation sites (tertiary alicyclic amines) is 1. The van der Waals surface area contributed by atoms with Crippen LogP contribution in [-0.4, -0.2) is 25.1 Å². The lowest BCUT2D eigenvalue weighted by atomic mass is 9.98. The molecule has 1 rings (SSSR count). The Morgan fingerprint density at radius 3 is 2.47 bits per heavy atom. The molecule has 3 nitrogen and oxygen atoms in total. The second-order valence-corrected chi connectivity index (χ2v) is 4.98. The number of carboxylic acid groups (broad SMARTS) is 1. The summed E-state index contributed by atoms with van der Waals surface area (Å²) in [5.74, 6) is -1.08. The van der Waals surface area contributed by atoms with Crippen LogP contribution in [0.4, 0.5) is 0 Å². The third-order valence-electron chi connectivity index (χ3n) is 3.37. The summed E-state index contributed by atoms with van der Waals surface area (Å²) in [6, 6.07) is 1.00. The van der Waals surface area contributed by atoms with E-state index in [9.17, 15) is 0 Å². The van der Waals surface area contributed by atoms with Gasteiger partial charge in [0.25, 0.3) is 0 Å². The monoisotopic (exact) mass is 243 g/mol. The van der Waals surface area contributed by atoms with E-state index in [1.807, 2.05) is 4.90 Å². The van der Waals surface area contributed by atoms with Gasteiger partial charge in [-0.1, -0.05) is 26.7 Å². The number of piperidine rings is 1. The molecule has 17 heavy (non-hydrogen) atoms. The van der Waals surface area contributed by atoms with E-state index in [0.717, 1.165) is 13.0 Å². The molecule has 1 aliphatic rings. The van der Waals surface area contributed by atoms with E-state index in [0.29, 0.717) is 0 Å². The van der Waals surface area contributed by atoms with Crippen LogP contribution in [0.3, 0.4) is 0 Å². The molecule has 3 heteroatoms. The second kappa shape index (κ2) is 10.6. The summed E-state index contributed by atoms with van der Waals surface area (Å²) >= 11 is 0. The molecule has 1 fully saturated rings. The molecule has 0 aliphatic carbocycles. The number of hydrogen-bond acceptors (Lipinski definition) is 2. The maximum atomic E-state index is 8.89. The lowest BCUT2D eigenvalue weighted by molar-refractivity contribution is -0.931. The Balaban J connectivity index is 0.000000557. The van der Waals surface area contributed by atoms with Gasteiger partial charge < -0.3 is 14.8 Å². The minimum Gasteiger partial charge on any atom is -0.550 e. The lowest BCUT2D eigenvalue weighted by Gasteiger charge is -2.32. The maximum Gasteiger partial charge on any atom is 0.0874 e. The van der Waals surface area contributed by atoms with Gasteiger partial charge in [-0.05, 0) is 39.0 Å². The molecule has 0 bridgehead atoms. The van der Waals surface area contributed by atoms with Crippen LogP contribution in [0.5, 0.6) is 0 Å². The van der Waals surface area contributed by atoms with E-state index in [1.165, 1.54) is 58.0 Å². The zero-order chi connectivity index (χ0) is 13.1. The van der Waals surface area contributed by atoms with Crippen molar-refractivity contribution in [3.8, 4) is 0 Å². The smallest absolute Gasteiger partial charge is 0.0874 e. The van der Waals surface area contributed by atoms with Crippen LogP contribution in [0, 0.1) is 0 Å². The Bertz CT molecular complexity index is 189. The molecule has 1 saturated heterocycles. The molecule has 0 radical (unpaired) electrons. The van der Waals surface area contributed by atoms with Gasteiger partial charge in [0.2, 0.25) is 0 Å². The third-order valence-corrected chi connectivity index (χ3v) is 3.37. The number of hydrogen-bond donors (Lipinski definition) is 1. The number of aliphatic carboxylic acids is 1. The first-order valence-electron chi connectivity index (χ1n) is 7.13. The number of carbonyl (C=O) groups is 1. The fourth-order valence-electron chi connectivity index (χ4n) is 2.58. The average Bonchev–Trinajstić information content (AvgIpc) is 2.28. The molecule has 2 unspecified atom stereocenters. The van der Waals surface area contributed by atoms with E-state index in [-0.39, 0.29) is 0 Å². The summed E-state index contributed by atoms with van der Waals surface area (Å²) in [7, 11) is 0. The topological polar surface area (TPSA) is 44.6 Å². The molecule has 1 heterocycles. The van der Waals surface area contributed by atoms with Crippen molar-refractivity contribution >= 4 is 5.97 Å². The van der Waals surface area contributed by atoms with Gasteiger partial charge in [-0.2, -0.15) is 0 Å². The summed E-state index contributed by atoms with van der Waals surface area (Å²) in [6.45, 7) is 8.48. The van der Waals surface area contributed by atoms with Crippen molar-refractivity contribution < 1.29 is 14.8 Å². The Morgan fingerprint density at radius 1 is 1.29 bits per heavy atom. The standard InChI is InChI=1S/C12H25N.C2H4O2/c1-3-5-10-13-11-7-6-9-12(13)8-4-2;1-2(3)4/h12H,3-11H2,1-2H3;1H3,(H,3,4). The van der Waals surface area contributed by atoms with Crippen molar-refractivity contribution in [3.05, 3.63) is 0 Å². The molecule has 1 N–H and O–H groups in total. The zero-order valence-corrected chi connectivity index (χ0v) is 11.8. The van der Waals surface area contributed by atoms with Gasteiger partial charge in [0, 0.05) is 5.97 Å². The highest BCUT2D eigenvalue weighted by atomic mass is 16.4. The molecule has 0 saturated carbocycles. The van der Waals surface area contributed by atoms with E-state index in [4.69, 9.17) is 9.90 Å². The van der Waals surface area contributed by atoms with E-state index >= 15 is 0 Å². The van der Waals surface area contributed by atoms with Gasteiger partial charge in [0.15, 0.2) is 0 Å². The molecule has 0 aromatic carbocycles. The van der Waals surface area contributed by atoms with Crippen LogP contribution in [0.25, 0.3) is 0 Å². The molecule has 0 amide bonds. The number of rotatable bonds is 5. The van der Waals surface area contributed by atoms with Crippen LogP contribution in [0.2, 0.25) is 0 Å². The minimum absolute atomic E-state index is 0.972. The summed E-state index contributed by atoms with van der Waals surface area (Å²) < 4.78 is 0. The Morgan fingerprint density at radius 2 is 1.94 bits per heavy atom. The van der Waals surface area contributed by atoms with Crippen LogP contribution >= 0.6 is 0 Å². The van der Waals surface area contributed by atoms with E-state index in [1.54, 1.807) is 0 Å². The van der Waals surface area contributed by atoms with Gasteiger partial charge in [0.1, 0.15) is 0 Å². The Hall–Kier alpha value is -0.570. The number of carboxylic acids is 1. The first-order chi connectivity index (χ1) is 8.11. The van der Waals surface area contributed by atoms with Gasteiger partial charge in [-0.25, -0.2) is 0 Å². The quantitative estimate of drug-likeness (QED) is 0.775. The minimum atomic E-state index is -1.08. The molecular weight excluding hydrogens is 214 g/mol. The molecule has 0 aromatic rings. The van der Waals surface area contributed by atoms with Crippen LogP contribution < -0.4 is 10.0 Å². The molecule has 1 aliphatic heterocycles. The highest BCUT2D eigenvalue weighted by Gasteiger charge is 2.23. The van der Waals surface area contributed by atoms with Crippen molar-refractivity contribution in [1.82, 2.24) is 0 Å². The van der Waals surface area contributed by atoms with Crippen molar-refractivity contribution in [2.75, 3.05) is 13.1 Å². The predicted octanol–water partition coefficient (Wildman–Crippen LogP) is 0.780. The SMILES string of the molecule is CC(=O)[O-].CCCC[NH+]1CCCCC1CCC. The van der Waals surface area contributed by atoms with Gasteiger partial charge in [0.05, 0.1) is 19.1 Å². The maximum absolute atomic E-state index is 8.89. The summed E-state index contributed by atoms with van der Waals surface area (Å²) in [5, 5.41) is 8.89. The predicted molar refractivity (Wildman–Crippen MR) is 68.8 cm³/mol. The summed E-state index contributed by atoms with van der Waals surface area (Å²) in [5.41, 5.74) is 0. The Labute approximate surface area is 106 Å². The molecular formula is C14H29NO2. The highest BCUT2D eigenvalue weighted by Crippen LogP contribution is 2.07. The largest absolute Gasteiger partial charge is 0.550 e. The molecule has 2 atom stereocenters. The van der Waals surface area contributed by atoms with E-state index < -0.39 is 5.97 Å². The van der Waals surface area contributed by atoms with Crippen molar-refractivity contribution in [2.45, 2.75) is 71.8 Å². The van der Waals surface area contributed by atoms with E-state index in [2.05, 4.69) is 13.8 Å². The first kappa shape index (κ1) is 16.4. The van der Waals surface area contributed by atoms with Crippen LogP contribution in [0.15, 0.2) is 0 Å². The number of carbonyl (C=O) groups excluding carboxylic acids is 1. The van der Waals surface area contributed by atoms with Crippen molar-refractivity contribution in [1.29, 1.82) is 0 Å². The third kappa shape index (κ3) is 9.16. The normalized spacial score (nSPS) is 23.7. The zero-order valence-electron chi connectivity index (χ0n) is 11.8. The van der Waals surface area contributed by atoms with Crippen molar-refractivity contribution in [3.63, 3.8) is 0 Å². The van der Waals surface area contributed by atoms with Crippen LogP contribution in [-0.2, 0) is 4.79 Å². The Kier molecular flexibility index (Phi) is 10.2. The fraction of sp³-hybridized carbons (Fsp3) is 0.929. The molecule has 0 aromatic heterocycles. The molecule has 102 valence electrons. The fourth-order valence-corrected chi connectivity index (χ4v) is 2.58. The number of nitrogens with one attached hydrogen (secondary N) is 1. The summed E-state index contributed by atoms with van der Waals surface area (Å²) in [4.78, 5) is 10.8. The second-order valence-electron chi connectivity index (χ2n) is 4.98. The highest BCUT2D eigenvalue weighted by molar-refractivity contribution is 5.60. The summed E-state index contributed by atoms with van der Waals surface area (Å²) in [6.07, 6.45) is 10.1. The number of quaternary nitrogens is 1. The molecule has 0 spiro atoms. The van der Waals surface area contributed by atoms with Crippen molar-refractivity contribution in [2.24, 2.45) is 0 Å². The van der Waals surface area contributed by atoms with Gasteiger partial charge >= 0.3 is 0 Å². The average molecular weight is 243 g/mol. The van der Waals surface area contributed by atoms with Crippen LogP contribution in [0.1, 0.15) is 65.7 Å². The van der Waals surface area contributed by atoms with Gasteiger partial charge in [-0.15, -0.1) is 0 Å². The first-order valence-corrected chi connectivity index (χ1v) is 7.13. The van der Waals surface area contributed by atoms with Gasteiger partial charge in [-0.3, -0.25) is 0 Å². The lowest BCUT2D eigenvalue weighted by Crippen LogP contribution is -3.16. The number of unbranched alkanes of at least 4 members (excludes halogenated alkanes) is 1.